The molecular formula is C17H25N4O5S. The first-order valence-corrected chi connectivity index (χ1v) is 10.2. The molecule has 0 aliphatic carbocycles. The van der Waals surface area contributed by atoms with E-state index < -0.39 is 39.9 Å². The predicted octanol–water partition coefficient (Wildman–Crippen LogP) is -0.572. The van der Waals surface area contributed by atoms with E-state index in [0.717, 1.165) is 6.42 Å². The topological polar surface area (TPSA) is 143 Å². The van der Waals surface area contributed by atoms with Crippen LogP contribution in [0.25, 0.3) is 0 Å². The maximum atomic E-state index is 13.1. The van der Waals surface area contributed by atoms with Crippen molar-refractivity contribution in [1.29, 1.82) is 0 Å². The summed E-state index contributed by atoms with van der Waals surface area (Å²) in [5.41, 5.74) is 5.15. The molecule has 10 heteroatoms. The van der Waals surface area contributed by atoms with Crippen molar-refractivity contribution in [1.82, 2.24) is 14.6 Å². The number of amides is 2. The van der Waals surface area contributed by atoms with E-state index in [1.165, 1.54) is 18.3 Å². The maximum absolute atomic E-state index is 13.1. The van der Waals surface area contributed by atoms with Gasteiger partial charge >= 0.3 is 0 Å². The standard InChI is InChI=1S/C17H25N4O5S/c1-12(9-15(18)23)10-17(24)21(13-5-4-7-19-11-14(13)22)27(25,26)16-6-2-3-8-20-16/h2-3,6,8,10,12-14,19,22H,4-5,7,9,11H2,1H3,(H2,18,23)/t12?,13?,14-/m0/s1. The third-order valence-corrected chi connectivity index (χ3v) is 6.02. The van der Waals surface area contributed by atoms with Crippen LogP contribution in [0.2, 0.25) is 0 Å². The Bertz CT molecular complexity index is 756. The van der Waals surface area contributed by atoms with Crippen molar-refractivity contribution in [3.05, 3.63) is 30.8 Å². The lowest BCUT2D eigenvalue weighted by Crippen LogP contribution is -2.52. The van der Waals surface area contributed by atoms with Gasteiger partial charge in [-0.3, -0.25) is 9.59 Å². The molecule has 9 nitrogen and oxygen atoms in total. The second-order valence-electron chi connectivity index (χ2n) is 6.60. The van der Waals surface area contributed by atoms with Gasteiger partial charge in [-0.1, -0.05) is 13.0 Å². The molecule has 1 aromatic heterocycles. The van der Waals surface area contributed by atoms with Gasteiger partial charge < -0.3 is 16.2 Å². The van der Waals surface area contributed by atoms with Gasteiger partial charge in [0, 0.05) is 19.2 Å². The Hall–Kier alpha value is -2.04. The number of hydrogen-bond donors (Lipinski definition) is 3. The number of aliphatic hydroxyl groups is 1. The summed E-state index contributed by atoms with van der Waals surface area (Å²) < 4.78 is 27.0. The number of β-amino-alcohol motifs (C(OH)–C–C–N with tert-alkyl or cyclic N) is 1. The molecule has 149 valence electrons. The zero-order valence-electron chi connectivity index (χ0n) is 15.1. The molecular weight excluding hydrogens is 372 g/mol. The van der Waals surface area contributed by atoms with Crippen molar-refractivity contribution in [3.8, 4) is 0 Å². The van der Waals surface area contributed by atoms with E-state index in [2.05, 4.69) is 10.3 Å². The van der Waals surface area contributed by atoms with Crippen molar-refractivity contribution in [2.75, 3.05) is 13.1 Å². The first kappa shape index (κ1) is 21.3. The second kappa shape index (κ2) is 9.25. The van der Waals surface area contributed by atoms with Crippen molar-refractivity contribution < 1.29 is 23.1 Å². The summed E-state index contributed by atoms with van der Waals surface area (Å²) in [6, 6.07) is 3.43. The SMILES string of the molecule is CC([CH]C(=O)N(C1CCCNC[C@@H]1O)S(=O)(=O)c1ccccn1)CC(N)=O. The number of pyridine rings is 1. The summed E-state index contributed by atoms with van der Waals surface area (Å²) in [4.78, 5) is 27.8. The Labute approximate surface area is 159 Å². The number of sulfonamides is 1. The van der Waals surface area contributed by atoms with Gasteiger partial charge in [-0.25, -0.2) is 9.29 Å². The average molecular weight is 397 g/mol. The number of rotatable bonds is 7. The third-order valence-electron chi connectivity index (χ3n) is 4.28. The summed E-state index contributed by atoms with van der Waals surface area (Å²) in [5, 5.41) is 13.2. The van der Waals surface area contributed by atoms with Crippen molar-refractivity contribution in [2.45, 2.75) is 43.4 Å². The van der Waals surface area contributed by atoms with Crippen LogP contribution in [0, 0.1) is 12.3 Å². The highest BCUT2D eigenvalue weighted by atomic mass is 32.2. The molecule has 0 saturated carbocycles. The van der Waals surface area contributed by atoms with Crippen LogP contribution >= 0.6 is 0 Å². The van der Waals surface area contributed by atoms with Crippen molar-refractivity contribution >= 4 is 21.8 Å². The molecule has 1 fully saturated rings. The summed E-state index contributed by atoms with van der Waals surface area (Å²) in [5.74, 6) is -1.94. The van der Waals surface area contributed by atoms with Crippen LogP contribution in [-0.2, 0) is 19.6 Å². The first-order chi connectivity index (χ1) is 12.7. The Morgan fingerprint density at radius 1 is 1.48 bits per heavy atom. The molecule has 2 rings (SSSR count). The largest absolute Gasteiger partial charge is 0.390 e. The molecule has 1 radical (unpaired) electrons. The van der Waals surface area contributed by atoms with Gasteiger partial charge in [0.05, 0.1) is 18.6 Å². The summed E-state index contributed by atoms with van der Waals surface area (Å²) >= 11 is 0. The normalized spacial score (nSPS) is 21.9. The van der Waals surface area contributed by atoms with Crippen LogP contribution < -0.4 is 11.1 Å². The number of nitrogens with zero attached hydrogens (tertiary/aromatic N) is 2. The Balaban J connectivity index is 2.38. The Morgan fingerprint density at radius 2 is 2.22 bits per heavy atom. The first-order valence-electron chi connectivity index (χ1n) is 8.75. The van der Waals surface area contributed by atoms with Gasteiger partial charge in [0.15, 0.2) is 5.03 Å². The fraction of sp³-hybridized carbons (Fsp3) is 0.529. The lowest BCUT2D eigenvalue weighted by Gasteiger charge is -2.33. The van der Waals surface area contributed by atoms with Gasteiger partial charge in [-0.05, 0) is 37.4 Å². The van der Waals surface area contributed by atoms with Crippen LogP contribution in [0.4, 0.5) is 0 Å². The summed E-state index contributed by atoms with van der Waals surface area (Å²) in [6.07, 6.45) is 2.23. The molecule has 0 bridgehead atoms. The number of nitrogens with two attached hydrogens (primary N) is 1. The van der Waals surface area contributed by atoms with E-state index in [1.807, 2.05) is 0 Å². The number of hydrogen-bond acceptors (Lipinski definition) is 7. The number of carbonyl (C=O) groups is 2. The number of carbonyl (C=O) groups excluding carboxylic acids is 2. The van der Waals surface area contributed by atoms with E-state index in [0.29, 0.717) is 23.7 Å². The molecule has 1 aliphatic heterocycles. The van der Waals surface area contributed by atoms with Crippen molar-refractivity contribution in [3.63, 3.8) is 0 Å². The van der Waals surface area contributed by atoms with Crippen LogP contribution in [0.3, 0.4) is 0 Å². The highest BCUT2D eigenvalue weighted by Gasteiger charge is 2.40. The molecule has 0 spiro atoms. The van der Waals surface area contributed by atoms with E-state index >= 15 is 0 Å². The summed E-state index contributed by atoms with van der Waals surface area (Å²) in [6.45, 7) is 2.38. The van der Waals surface area contributed by atoms with E-state index in [4.69, 9.17) is 5.73 Å². The third kappa shape index (κ3) is 5.47. The minimum atomic E-state index is -4.29. The van der Waals surface area contributed by atoms with E-state index in [1.54, 1.807) is 13.0 Å². The monoisotopic (exact) mass is 397 g/mol. The van der Waals surface area contributed by atoms with E-state index in [-0.39, 0.29) is 18.0 Å². The molecule has 1 aliphatic rings. The molecule has 1 aromatic rings. The number of aromatic nitrogens is 1. The number of nitrogens with one attached hydrogen (secondary N) is 1. The average Bonchev–Trinajstić information content (AvgIpc) is 2.80. The smallest absolute Gasteiger partial charge is 0.284 e. The van der Waals surface area contributed by atoms with Crippen LogP contribution in [0.5, 0.6) is 0 Å². The van der Waals surface area contributed by atoms with Crippen LogP contribution in [0.15, 0.2) is 29.4 Å². The maximum Gasteiger partial charge on any atom is 0.284 e. The highest BCUT2D eigenvalue weighted by molar-refractivity contribution is 7.89. The van der Waals surface area contributed by atoms with Crippen molar-refractivity contribution in [2.24, 2.45) is 11.7 Å². The van der Waals surface area contributed by atoms with Gasteiger partial charge in [0.2, 0.25) is 11.8 Å². The number of primary amides is 1. The fourth-order valence-electron chi connectivity index (χ4n) is 3.04. The Morgan fingerprint density at radius 3 is 2.85 bits per heavy atom. The molecule has 27 heavy (non-hydrogen) atoms. The molecule has 0 aromatic carbocycles. The molecule has 3 atom stereocenters. The zero-order chi connectivity index (χ0) is 20.0. The van der Waals surface area contributed by atoms with Crippen LogP contribution in [-0.4, -0.2) is 59.9 Å². The molecule has 2 heterocycles. The molecule has 2 amide bonds. The van der Waals surface area contributed by atoms with Gasteiger partial charge in [-0.2, -0.15) is 8.42 Å². The Kier molecular flexibility index (Phi) is 7.28. The molecule has 2 unspecified atom stereocenters. The quantitative estimate of drug-likeness (QED) is 0.559. The van der Waals surface area contributed by atoms with E-state index in [9.17, 15) is 23.1 Å². The molecule has 4 N–H and O–H groups in total. The van der Waals surface area contributed by atoms with Gasteiger partial charge in [-0.15, -0.1) is 0 Å². The minimum absolute atomic E-state index is 0.0853. The second-order valence-corrected chi connectivity index (χ2v) is 8.36. The molecule has 1 saturated heterocycles. The van der Waals surface area contributed by atoms with Crippen LogP contribution in [0.1, 0.15) is 26.2 Å². The fourth-order valence-corrected chi connectivity index (χ4v) is 4.59. The highest BCUT2D eigenvalue weighted by Crippen LogP contribution is 2.24. The number of aliphatic hydroxyl groups excluding tert-OH is 1. The lowest BCUT2D eigenvalue weighted by atomic mass is 10.0. The lowest BCUT2D eigenvalue weighted by molar-refractivity contribution is -0.126. The van der Waals surface area contributed by atoms with Gasteiger partial charge in [0.1, 0.15) is 0 Å². The minimum Gasteiger partial charge on any atom is -0.390 e. The predicted molar refractivity (Wildman–Crippen MR) is 97.4 cm³/mol. The zero-order valence-corrected chi connectivity index (χ0v) is 15.9. The summed E-state index contributed by atoms with van der Waals surface area (Å²) in [7, 11) is -4.29. The van der Waals surface area contributed by atoms with Gasteiger partial charge in [0.25, 0.3) is 10.0 Å².